The maximum absolute atomic E-state index is 12.4. The molecule has 4 aliphatic rings. The van der Waals surface area contributed by atoms with Gasteiger partial charge in [-0.05, 0) is 36.8 Å². The quantitative estimate of drug-likeness (QED) is 0.468. The Kier molecular flexibility index (Phi) is 2.42. The largest absolute Gasteiger partial charge is 0.463 e. The van der Waals surface area contributed by atoms with E-state index in [1.54, 1.807) is 12.1 Å². The molecule has 4 unspecified atom stereocenters. The van der Waals surface area contributed by atoms with Gasteiger partial charge < -0.3 is 4.42 Å². The van der Waals surface area contributed by atoms with Crippen molar-refractivity contribution in [1.29, 1.82) is 0 Å². The first-order valence-corrected chi connectivity index (χ1v) is 6.89. The number of hydrazone groups is 1. The molecule has 5 nitrogen and oxygen atoms in total. The summed E-state index contributed by atoms with van der Waals surface area (Å²) in [5.74, 6) is 0.181. The summed E-state index contributed by atoms with van der Waals surface area (Å²) in [5, 5.41) is 5.07. The summed E-state index contributed by atoms with van der Waals surface area (Å²) in [6, 6.07) is 3.46. The third-order valence-corrected chi connectivity index (χ3v) is 4.58. The first kappa shape index (κ1) is 11.6. The molecule has 2 amide bonds. The summed E-state index contributed by atoms with van der Waals surface area (Å²) in [5.41, 5.74) is 0. The molecule has 1 aromatic heterocycles. The van der Waals surface area contributed by atoms with E-state index in [0.717, 1.165) is 17.9 Å². The molecule has 0 radical (unpaired) electrons. The van der Waals surface area contributed by atoms with Gasteiger partial charge in [-0.1, -0.05) is 12.2 Å². The average molecular weight is 270 g/mol. The Morgan fingerprint density at radius 1 is 1.15 bits per heavy atom. The van der Waals surface area contributed by atoms with Crippen LogP contribution in [0.2, 0.25) is 0 Å². The van der Waals surface area contributed by atoms with Crippen molar-refractivity contribution in [3.8, 4) is 0 Å². The lowest BCUT2D eigenvalue weighted by Crippen LogP contribution is -2.38. The first-order valence-electron chi connectivity index (χ1n) is 6.89. The molecule has 2 bridgehead atoms. The van der Waals surface area contributed by atoms with Crippen molar-refractivity contribution in [3.63, 3.8) is 0 Å². The number of amides is 2. The van der Waals surface area contributed by atoms with E-state index in [0.29, 0.717) is 5.76 Å². The molecule has 102 valence electrons. The van der Waals surface area contributed by atoms with Crippen LogP contribution in [0.4, 0.5) is 0 Å². The maximum atomic E-state index is 12.4. The lowest BCUT2D eigenvalue weighted by molar-refractivity contribution is -0.140. The number of furan rings is 1. The van der Waals surface area contributed by atoms with Crippen LogP contribution in [-0.4, -0.2) is 23.0 Å². The highest BCUT2D eigenvalue weighted by Gasteiger charge is 2.56. The summed E-state index contributed by atoms with van der Waals surface area (Å²) in [4.78, 5) is 24.9. The zero-order chi connectivity index (χ0) is 13.7. The number of hydrogen-bond acceptors (Lipinski definition) is 4. The minimum Gasteiger partial charge on any atom is -0.463 e. The van der Waals surface area contributed by atoms with Crippen LogP contribution in [0.15, 0.2) is 40.1 Å². The highest BCUT2D eigenvalue weighted by atomic mass is 16.3. The minimum absolute atomic E-state index is 0.165. The molecule has 1 saturated carbocycles. The molecular formula is C15H14N2O3. The lowest BCUT2D eigenvalue weighted by Gasteiger charge is -2.37. The second kappa shape index (κ2) is 4.16. The van der Waals surface area contributed by atoms with Gasteiger partial charge in [0.05, 0.1) is 24.3 Å². The van der Waals surface area contributed by atoms with E-state index < -0.39 is 0 Å². The minimum atomic E-state index is -0.208. The third kappa shape index (κ3) is 1.52. The summed E-state index contributed by atoms with van der Waals surface area (Å²) in [6.45, 7) is 0. The monoisotopic (exact) mass is 270 g/mol. The Bertz CT molecular complexity index is 585. The van der Waals surface area contributed by atoms with Gasteiger partial charge in [0, 0.05) is 0 Å². The highest BCUT2D eigenvalue weighted by Crippen LogP contribution is 2.49. The molecule has 4 atom stereocenters. The van der Waals surface area contributed by atoms with Gasteiger partial charge in [0.1, 0.15) is 5.76 Å². The maximum Gasteiger partial charge on any atom is 0.254 e. The van der Waals surface area contributed by atoms with Gasteiger partial charge in [-0.15, -0.1) is 0 Å². The predicted octanol–water partition coefficient (Wildman–Crippen LogP) is 1.81. The van der Waals surface area contributed by atoms with Crippen LogP contribution in [0, 0.1) is 23.7 Å². The zero-order valence-electron chi connectivity index (χ0n) is 10.8. The van der Waals surface area contributed by atoms with Gasteiger partial charge in [0.25, 0.3) is 11.8 Å². The van der Waals surface area contributed by atoms with Crippen molar-refractivity contribution in [2.45, 2.75) is 12.8 Å². The fourth-order valence-corrected chi connectivity index (χ4v) is 3.65. The van der Waals surface area contributed by atoms with E-state index >= 15 is 0 Å². The molecule has 5 rings (SSSR count). The second-order valence-corrected chi connectivity index (χ2v) is 5.59. The standard InChI is InChI=1S/C15H14N2O3/c18-14-12-9-3-4-10(6-5-9)13(12)15(19)17(14)16-8-11-2-1-7-20-11/h1-4,7-10,12-13H,5-6H2. The van der Waals surface area contributed by atoms with Crippen molar-refractivity contribution in [2.24, 2.45) is 28.8 Å². The average Bonchev–Trinajstić information content (AvgIpc) is 3.08. The summed E-state index contributed by atoms with van der Waals surface area (Å²) >= 11 is 0. The number of allylic oxidation sites excluding steroid dienone is 2. The Hall–Kier alpha value is -2.17. The molecular weight excluding hydrogens is 256 g/mol. The van der Waals surface area contributed by atoms with E-state index in [1.807, 2.05) is 0 Å². The van der Waals surface area contributed by atoms with Gasteiger partial charge in [-0.3, -0.25) is 9.59 Å². The number of carbonyl (C=O) groups excluding carboxylic acids is 2. The smallest absolute Gasteiger partial charge is 0.254 e. The normalized spacial score (nSPS) is 35.3. The number of fused-ring (bicyclic) bond motifs is 1. The van der Waals surface area contributed by atoms with Gasteiger partial charge in [0.2, 0.25) is 0 Å². The van der Waals surface area contributed by atoms with Crippen molar-refractivity contribution < 1.29 is 14.0 Å². The van der Waals surface area contributed by atoms with E-state index in [4.69, 9.17) is 4.42 Å². The van der Waals surface area contributed by atoms with Crippen LogP contribution < -0.4 is 0 Å². The summed E-state index contributed by atoms with van der Waals surface area (Å²) in [7, 11) is 0. The number of nitrogens with zero attached hydrogens (tertiary/aromatic N) is 2. The van der Waals surface area contributed by atoms with Crippen molar-refractivity contribution in [1.82, 2.24) is 5.01 Å². The molecule has 20 heavy (non-hydrogen) atoms. The van der Waals surface area contributed by atoms with E-state index in [-0.39, 0.29) is 35.5 Å². The number of rotatable bonds is 2. The van der Waals surface area contributed by atoms with Gasteiger partial charge in [-0.2, -0.15) is 10.1 Å². The molecule has 0 aromatic carbocycles. The fourth-order valence-electron chi connectivity index (χ4n) is 3.65. The fraction of sp³-hybridized carbons (Fsp3) is 0.400. The van der Waals surface area contributed by atoms with Crippen molar-refractivity contribution >= 4 is 18.0 Å². The van der Waals surface area contributed by atoms with Gasteiger partial charge in [-0.25, -0.2) is 0 Å². The van der Waals surface area contributed by atoms with Crippen LogP contribution in [0.5, 0.6) is 0 Å². The number of imide groups is 1. The van der Waals surface area contributed by atoms with Crippen LogP contribution in [0.3, 0.4) is 0 Å². The van der Waals surface area contributed by atoms with E-state index in [9.17, 15) is 9.59 Å². The van der Waals surface area contributed by atoms with E-state index in [1.165, 1.54) is 12.5 Å². The SMILES string of the molecule is O=C1C2C3C=CC(CC3)C2C(=O)N1N=Cc1ccco1. The molecule has 0 spiro atoms. The van der Waals surface area contributed by atoms with Crippen LogP contribution in [0.25, 0.3) is 0 Å². The molecule has 5 heteroatoms. The molecule has 0 N–H and O–H groups in total. The molecule has 1 aliphatic heterocycles. The van der Waals surface area contributed by atoms with E-state index in [2.05, 4.69) is 17.3 Å². The predicted molar refractivity (Wildman–Crippen MR) is 70.5 cm³/mol. The Labute approximate surface area is 115 Å². The summed E-state index contributed by atoms with van der Waals surface area (Å²) < 4.78 is 5.13. The van der Waals surface area contributed by atoms with Crippen LogP contribution in [0.1, 0.15) is 18.6 Å². The number of hydrogen-bond donors (Lipinski definition) is 0. The van der Waals surface area contributed by atoms with Crippen LogP contribution >= 0.6 is 0 Å². The first-order chi connectivity index (χ1) is 9.75. The Balaban J connectivity index is 1.64. The molecule has 1 saturated heterocycles. The zero-order valence-corrected chi connectivity index (χ0v) is 10.8. The Morgan fingerprint density at radius 3 is 2.30 bits per heavy atom. The van der Waals surface area contributed by atoms with Gasteiger partial charge in [0.15, 0.2) is 0 Å². The Morgan fingerprint density at radius 2 is 1.80 bits per heavy atom. The molecule has 2 heterocycles. The molecule has 1 aromatic rings. The summed E-state index contributed by atoms with van der Waals surface area (Å²) in [6.07, 6.45) is 9.13. The van der Waals surface area contributed by atoms with Crippen molar-refractivity contribution in [3.05, 3.63) is 36.3 Å². The molecule has 3 aliphatic carbocycles. The molecule has 2 fully saturated rings. The highest BCUT2D eigenvalue weighted by molar-refractivity contribution is 6.06. The number of carbonyl (C=O) groups is 2. The lowest BCUT2D eigenvalue weighted by atomic mass is 9.63. The second-order valence-electron chi connectivity index (χ2n) is 5.59. The van der Waals surface area contributed by atoms with Crippen molar-refractivity contribution in [2.75, 3.05) is 0 Å². The van der Waals surface area contributed by atoms with Crippen LogP contribution in [-0.2, 0) is 9.59 Å². The topological polar surface area (TPSA) is 62.9 Å². The van der Waals surface area contributed by atoms with Gasteiger partial charge >= 0.3 is 0 Å². The third-order valence-electron chi connectivity index (χ3n) is 4.58.